The van der Waals surface area contributed by atoms with Crippen LogP contribution in [0, 0.1) is 25.2 Å². The number of benzene rings is 1. The Morgan fingerprint density at radius 1 is 1.29 bits per heavy atom. The Labute approximate surface area is 130 Å². The number of hydrogen-bond acceptors (Lipinski definition) is 4. The van der Waals surface area contributed by atoms with Crippen molar-refractivity contribution in [1.29, 1.82) is 5.26 Å². The van der Waals surface area contributed by atoms with Gasteiger partial charge in [0, 0.05) is 6.42 Å². The fraction of sp³-hybridized carbons (Fsp3) is 0.412. The van der Waals surface area contributed by atoms with Crippen LogP contribution in [-0.4, -0.2) is 11.6 Å². The lowest BCUT2D eigenvalue weighted by Gasteiger charge is -2.07. The fourth-order valence-electron chi connectivity index (χ4n) is 2.02. The van der Waals surface area contributed by atoms with Gasteiger partial charge in [-0.15, -0.1) is 11.3 Å². The Morgan fingerprint density at radius 2 is 2.05 bits per heavy atom. The summed E-state index contributed by atoms with van der Waals surface area (Å²) in [6.45, 7) is 8.87. The first kappa shape index (κ1) is 15.5. The van der Waals surface area contributed by atoms with Gasteiger partial charge >= 0.3 is 0 Å². The molecule has 0 saturated carbocycles. The predicted octanol–water partition coefficient (Wildman–Crippen LogP) is 4.38. The second-order valence-corrected chi connectivity index (χ2v) is 6.52. The molecule has 0 spiro atoms. The monoisotopic (exact) mass is 300 g/mol. The molecule has 2 aromatic rings. The van der Waals surface area contributed by atoms with E-state index in [-0.39, 0.29) is 5.92 Å². The van der Waals surface area contributed by atoms with Gasteiger partial charge < -0.3 is 4.74 Å². The minimum Gasteiger partial charge on any atom is -0.493 e. The highest BCUT2D eigenvalue weighted by molar-refractivity contribution is 7.12. The van der Waals surface area contributed by atoms with Gasteiger partial charge in [0.25, 0.3) is 0 Å². The van der Waals surface area contributed by atoms with E-state index in [4.69, 9.17) is 10.00 Å². The molecule has 2 rings (SSSR count). The Morgan fingerprint density at radius 3 is 2.62 bits per heavy atom. The second kappa shape index (κ2) is 6.73. The van der Waals surface area contributed by atoms with Crippen molar-refractivity contribution in [2.75, 3.05) is 6.61 Å². The topological polar surface area (TPSA) is 45.9 Å². The normalized spacial score (nSPS) is 10.7. The highest BCUT2D eigenvalue weighted by Gasteiger charge is 2.13. The quantitative estimate of drug-likeness (QED) is 0.823. The molecule has 0 radical (unpaired) electrons. The third-order valence-electron chi connectivity index (χ3n) is 3.41. The molecular weight excluding hydrogens is 280 g/mol. The van der Waals surface area contributed by atoms with Crippen molar-refractivity contribution < 1.29 is 4.74 Å². The van der Waals surface area contributed by atoms with Crippen molar-refractivity contribution in [3.63, 3.8) is 0 Å². The zero-order valence-corrected chi connectivity index (χ0v) is 13.8. The molecule has 4 heteroatoms. The van der Waals surface area contributed by atoms with Crippen LogP contribution in [0.2, 0.25) is 0 Å². The Kier molecular flexibility index (Phi) is 4.98. The van der Waals surface area contributed by atoms with Crippen molar-refractivity contribution in [2.24, 2.45) is 0 Å². The molecule has 0 saturated heterocycles. The van der Waals surface area contributed by atoms with Crippen molar-refractivity contribution in [3.05, 3.63) is 44.9 Å². The van der Waals surface area contributed by atoms with Gasteiger partial charge in [-0.3, -0.25) is 0 Å². The predicted molar refractivity (Wildman–Crippen MR) is 86.0 cm³/mol. The molecule has 0 amide bonds. The van der Waals surface area contributed by atoms with E-state index in [0.717, 1.165) is 27.7 Å². The average Bonchev–Trinajstić information content (AvgIpc) is 2.86. The maximum absolute atomic E-state index is 9.13. The molecule has 1 aromatic heterocycles. The molecule has 1 heterocycles. The third kappa shape index (κ3) is 3.83. The molecular formula is C17H20N2OS. The number of rotatable bonds is 5. The van der Waals surface area contributed by atoms with Gasteiger partial charge in [-0.1, -0.05) is 19.9 Å². The molecule has 0 fully saturated rings. The SMILES string of the molecule is Cc1ccc(OCCc2nc(C(C)C)c(C#N)s2)cc1C. The molecule has 0 unspecified atom stereocenters. The number of hydrogen-bond donors (Lipinski definition) is 0. The number of nitrogens with zero attached hydrogens (tertiary/aromatic N) is 2. The van der Waals surface area contributed by atoms with E-state index >= 15 is 0 Å². The summed E-state index contributed by atoms with van der Waals surface area (Å²) in [6.07, 6.45) is 0.735. The first-order chi connectivity index (χ1) is 10.0. The molecule has 0 aliphatic rings. The van der Waals surface area contributed by atoms with Gasteiger partial charge in [0.05, 0.1) is 17.3 Å². The molecule has 0 N–H and O–H groups in total. The van der Waals surface area contributed by atoms with E-state index in [1.54, 1.807) is 0 Å². The Hall–Kier alpha value is -1.86. The van der Waals surface area contributed by atoms with Crippen LogP contribution in [0.3, 0.4) is 0 Å². The summed E-state index contributed by atoms with van der Waals surface area (Å²) in [4.78, 5) is 5.29. The third-order valence-corrected chi connectivity index (χ3v) is 4.44. The highest BCUT2D eigenvalue weighted by Crippen LogP contribution is 2.25. The molecule has 1 aromatic carbocycles. The summed E-state index contributed by atoms with van der Waals surface area (Å²) in [5, 5.41) is 10.1. The molecule has 0 bridgehead atoms. The van der Waals surface area contributed by atoms with Crippen molar-refractivity contribution in [2.45, 2.75) is 40.0 Å². The summed E-state index contributed by atoms with van der Waals surface area (Å²) >= 11 is 1.48. The van der Waals surface area contributed by atoms with Crippen LogP contribution in [0.15, 0.2) is 18.2 Å². The van der Waals surface area contributed by atoms with Gasteiger partial charge in [-0.05, 0) is 43.0 Å². The maximum atomic E-state index is 9.13. The molecule has 0 aliphatic carbocycles. The molecule has 110 valence electrons. The van der Waals surface area contributed by atoms with Crippen LogP contribution in [0.1, 0.15) is 46.5 Å². The Balaban J connectivity index is 1.97. The smallest absolute Gasteiger partial charge is 0.128 e. The number of thiazole rings is 1. The summed E-state index contributed by atoms with van der Waals surface area (Å²) < 4.78 is 5.77. The molecule has 0 aliphatic heterocycles. The average molecular weight is 300 g/mol. The summed E-state index contributed by atoms with van der Waals surface area (Å²) in [7, 11) is 0. The van der Waals surface area contributed by atoms with Crippen molar-refractivity contribution in [1.82, 2.24) is 4.98 Å². The largest absolute Gasteiger partial charge is 0.493 e. The number of aryl methyl sites for hydroxylation is 2. The second-order valence-electron chi connectivity index (χ2n) is 5.43. The minimum absolute atomic E-state index is 0.283. The van der Waals surface area contributed by atoms with Gasteiger partial charge in [0.1, 0.15) is 16.7 Å². The number of ether oxygens (including phenoxy) is 1. The van der Waals surface area contributed by atoms with E-state index in [1.165, 1.54) is 22.5 Å². The van der Waals surface area contributed by atoms with E-state index < -0.39 is 0 Å². The van der Waals surface area contributed by atoms with Crippen LogP contribution in [0.4, 0.5) is 0 Å². The van der Waals surface area contributed by atoms with E-state index in [1.807, 2.05) is 6.07 Å². The van der Waals surface area contributed by atoms with E-state index in [9.17, 15) is 0 Å². The Bertz CT molecular complexity index is 668. The van der Waals surface area contributed by atoms with E-state index in [2.05, 4.69) is 50.9 Å². The van der Waals surface area contributed by atoms with Crippen molar-refractivity contribution in [3.8, 4) is 11.8 Å². The van der Waals surface area contributed by atoms with E-state index in [0.29, 0.717) is 6.61 Å². The zero-order chi connectivity index (χ0) is 15.4. The fourth-order valence-corrected chi connectivity index (χ4v) is 3.01. The van der Waals surface area contributed by atoms with Crippen LogP contribution in [0.5, 0.6) is 5.75 Å². The summed E-state index contributed by atoms with van der Waals surface area (Å²) in [6, 6.07) is 8.35. The number of aromatic nitrogens is 1. The molecule has 21 heavy (non-hydrogen) atoms. The van der Waals surface area contributed by atoms with Crippen LogP contribution in [-0.2, 0) is 6.42 Å². The maximum Gasteiger partial charge on any atom is 0.128 e. The first-order valence-electron chi connectivity index (χ1n) is 7.11. The lowest BCUT2D eigenvalue weighted by molar-refractivity contribution is 0.321. The summed E-state index contributed by atoms with van der Waals surface area (Å²) in [5.74, 6) is 1.17. The summed E-state index contributed by atoms with van der Waals surface area (Å²) in [5.41, 5.74) is 3.40. The van der Waals surface area contributed by atoms with Crippen molar-refractivity contribution >= 4 is 11.3 Å². The van der Waals surface area contributed by atoms with Gasteiger partial charge in [-0.2, -0.15) is 5.26 Å². The van der Waals surface area contributed by atoms with Crippen LogP contribution < -0.4 is 4.74 Å². The van der Waals surface area contributed by atoms with Gasteiger partial charge in [-0.25, -0.2) is 4.98 Å². The van der Waals surface area contributed by atoms with Crippen LogP contribution in [0.25, 0.3) is 0 Å². The van der Waals surface area contributed by atoms with Gasteiger partial charge in [0.2, 0.25) is 0 Å². The lowest BCUT2D eigenvalue weighted by Crippen LogP contribution is -2.02. The van der Waals surface area contributed by atoms with Gasteiger partial charge in [0.15, 0.2) is 0 Å². The highest BCUT2D eigenvalue weighted by atomic mass is 32.1. The lowest BCUT2D eigenvalue weighted by atomic mass is 10.1. The zero-order valence-electron chi connectivity index (χ0n) is 12.9. The first-order valence-corrected chi connectivity index (χ1v) is 7.92. The van der Waals surface area contributed by atoms with Crippen LogP contribution >= 0.6 is 11.3 Å². The molecule has 0 atom stereocenters. The minimum atomic E-state index is 0.283. The number of nitriles is 1. The standard InChI is InChI=1S/C17H20N2OS/c1-11(2)17-15(10-18)21-16(19-17)7-8-20-14-6-5-12(3)13(4)9-14/h5-6,9,11H,7-8H2,1-4H3. The molecule has 3 nitrogen and oxygen atoms in total.